The van der Waals surface area contributed by atoms with Gasteiger partial charge in [-0.3, -0.25) is 4.79 Å². The Balaban J connectivity index is 1.54. The van der Waals surface area contributed by atoms with Crippen LogP contribution in [0.2, 0.25) is 0 Å². The van der Waals surface area contributed by atoms with E-state index in [0.29, 0.717) is 12.0 Å². The van der Waals surface area contributed by atoms with Crippen LogP contribution in [0.4, 0.5) is 5.95 Å². The molecule has 2 heterocycles. The number of hydrogen-bond acceptors (Lipinski definition) is 3. The van der Waals surface area contributed by atoms with Crippen molar-refractivity contribution < 1.29 is 4.79 Å². The number of hydrogen-bond donors (Lipinski definition) is 1. The maximum atomic E-state index is 12.7. The van der Waals surface area contributed by atoms with Crippen LogP contribution < -0.4 is 10.2 Å². The lowest BCUT2D eigenvalue weighted by molar-refractivity contribution is -0.125. The molecule has 4 rings (SSSR count). The fourth-order valence-electron chi connectivity index (χ4n) is 4.78. The van der Waals surface area contributed by atoms with Gasteiger partial charge in [-0.2, -0.15) is 0 Å². The van der Waals surface area contributed by atoms with Gasteiger partial charge < -0.3 is 14.8 Å². The number of para-hydroxylation sites is 2. The number of nitrogens with one attached hydrogen (secondary N) is 1. The number of aromatic nitrogens is 2. The zero-order valence-electron chi connectivity index (χ0n) is 17.4. The summed E-state index contributed by atoms with van der Waals surface area (Å²) in [7, 11) is 0. The van der Waals surface area contributed by atoms with Crippen LogP contribution in [-0.4, -0.2) is 35.1 Å². The molecule has 5 heteroatoms. The standard InChI is InChI=1S/C23H34N4O/c1-17(2)13-14-24-22(28)18-8-7-15-26(16-18)23-25-20-11-5-6-12-21(20)27(23)19-9-3-4-10-19/h5-6,11-12,17-19H,3-4,7-10,13-16H2,1-2H3,(H,24,28). The second kappa shape index (κ2) is 8.54. The summed E-state index contributed by atoms with van der Waals surface area (Å²) >= 11 is 0. The molecule has 1 aromatic heterocycles. The molecule has 1 aromatic carbocycles. The van der Waals surface area contributed by atoms with Crippen LogP contribution in [0.5, 0.6) is 0 Å². The van der Waals surface area contributed by atoms with E-state index in [9.17, 15) is 4.79 Å². The summed E-state index contributed by atoms with van der Waals surface area (Å²) in [5.41, 5.74) is 2.32. The van der Waals surface area contributed by atoms with E-state index >= 15 is 0 Å². The van der Waals surface area contributed by atoms with Crippen molar-refractivity contribution in [3.8, 4) is 0 Å². The minimum absolute atomic E-state index is 0.0674. The van der Waals surface area contributed by atoms with Gasteiger partial charge in [-0.1, -0.05) is 38.8 Å². The fourth-order valence-corrected chi connectivity index (χ4v) is 4.78. The summed E-state index contributed by atoms with van der Waals surface area (Å²) < 4.78 is 2.47. The number of amides is 1. The van der Waals surface area contributed by atoms with E-state index in [-0.39, 0.29) is 11.8 Å². The van der Waals surface area contributed by atoms with Crippen molar-refractivity contribution in [3.05, 3.63) is 24.3 Å². The van der Waals surface area contributed by atoms with E-state index in [1.165, 1.54) is 31.2 Å². The zero-order chi connectivity index (χ0) is 19.5. The topological polar surface area (TPSA) is 50.2 Å². The number of carbonyl (C=O) groups is 1. The first-order valence-corrected chi connectivity index (χ1v) is 11.1. The molecular formula is C23H34N4O. The van der Waals surface area contributed by atoms with Gasteiger partial charge in [-0.15, -0.1) is 0 Å². The summed E-state index contributed by atoms with van der Waals surface area (Å²) in [6.45, 7) is 6.95. The highest BCUT2D eigenvalue weighted by Crippen LogP contribution is 2.37. The molecule has 1 aliphatic heterocycles. The Morgan fingerprint density at radius 3 is 2.75 bits per heavy atom. The molecule has 5 nitrogen and oxygen atoms in total. The smallest absolute Gasteiger partial charge is 0.224 e. The molecular weight excluding hydrogens is 348 g/mol. The van der Waals surface area contributed by atoms with E-state index in [0.717, 1.165) is 50.4 Å². The molecule has 1 N–H and O–H groups in total. The van der Waals surface area contributed by atoms with Crippen molar-refractivity contribution in [2.45, 2.75) is 64.8 Å². The Kier molecular flexibility index (Phi) is 5.88. The number of fused-ring (bicyclic) bond motifs is 1. The number of anilines is 1. The van der Waals surface area contributed by atoms with E-state index in [1.54, 1.807) is 0 Å². The van der Waals surface area contributed by atoms with Crippen LogP contribution in [0.3, 0.4) is 0 Å². The predicted octanol–water partition coefficient (Wildman–Crippen LogP) is 4.53. The van der Waals surface area contributed by atoms with Gasteiger partial charge in [0.2, 0.25) is 11.9 Å². The lowest BCUT2D eigenvalue weighted by Crippen LogP contribution is -2.44. The van der Waals surface area contributed by atoms with Gasteiger partial charge >= 0.3 is 0 Å². The summed E-state index contributed by atoms with van der Waals surface area (Å²) in [6.07, 6.45) is 8.15. The molecule has 0 radical (unpaired) electrons. The fraction of sp³-hybridized carbons (Fsp3) is 0.652. The highest BCUT2D eigenvalue weighted by molar-refractivity contribution is 5.81. The maximum Gasteiger partial charge on any atom is 0.224 e. The molecule has 1 saturated heterocycles. The molecule has 1 unspecified atom stereocenters. The lowest BCUT2D eigenvalue weighted by atomic mass is 9.97. The SMILES string of the molecule is CC(C)CCNC(=O)C1CCCN(c2nc3ccccc3n2C2CCCC2)C1. The average Bonchev–Trinajstić information content (AvgIpc) is 3.35. The normalized spacial score (nSPS) is 21.0. The van der Waals surface area contributed by atoms with Gasteiger partial charge in [-0.25, -0.2) is 4.98 Å². The van der Waals surface area contributed by atoms with Gasteiger partial charge in [0.15, 0.2) is 0 Å². The third kappa shape index (κ3) is 4.03. The van der Waals surface area contributed by atoms with Gasteiger partial charge in [0.05, 0.1) is 17.0 Å². The molecule has 2 aromatic rings. The van der Waals surface area contributed by atoms with Crippen molar-refractivity contribution in [2.75, 3.05) is 24.5 Å². The van der Waals surface area contributed by atoms with Gasteiger partial charge in [0, 0.05) is 25.7 Å². The van der Waals surface area contributed by atoms with Crippen molar-refractivity contribution in [1.29, 1.82) is 0 Å². The van der Waals surface area contributed by atoms with Crippen LogP contribution in [0.1, 0.15) is 64.8 Å². The van der Waals surface area contributed by atoms with Crippen LogP contribution in [0.25, 0.3) is 11.0 Å². The van der Waals surface area contributed by atoms with Crippen molar-refractivity contribution in [1.82, 2.24) is 14.9 Å². The Morgan fingerprint density at radius 1 is 1.18 bits per heavy atom. The Hall–Kier alpha value is -2.04. The number of carbonyl (C=O) groups excluding carboxylic acids is 1. The van der Waals surface area contributed by atoms with E-state index in [1.807, 2.05) is 0 Å². The summed E-state index contributed by atoms with van der Waals surface area (Å²) in [6, 6.07) is 9.04. The number of benzene rings is 1. The first kappa shape index (κ1) is 19.3. The van der Waals surface area contributed by atoms with Crippen LogP contribution in [0, 0.1) is 11.8 Å². The van der Waals surface area contributed by atoms with Gasteiger partial charge in [-0.05, 0) is 50.2 Å². The molecule has 28 heavy (non-hydrogen) atoms. The maximum absolute atomic E-state index is 12.7. The van der Waals surface area contributed by atoms with E-state index in [2.05, 4.69) is 52.9 Å². The quantitative estimate of drug-likeness (QED) is 0.798. The Bertz CT molecular complexity index is 806. The molecule has 0 spiro atoms. The van der Waals surface area contributed by atoms with Gasteiger partial charge in [0.1, 0.15) is 0 Å². The molecule has 2 aliphatic rings. The van der Waals surface area contributed by atoms with Crippen molar-refractivity contribution >= 4 is 22.9 Å². The van der Waals surface area contributed by atoms with Crippen LogP contribution in [0.15, 0.2) is 24.3 Å². The van der Waals surface area contributed by atoms with Crippen LogP contribution in [-0.2, 0) is 4.79 Å². The third-order valence-electron chi connectivity index (χ3n) is 6.36. The minimum atomic E-state index is 0.0674. The summed E-state index contributed by atoms with van der Waals surface area (Å²) in [5, 5.41) is 3.16. The summed E-state index contributed by atoms with van der Waals surface area (Å²) in [4.78, 5) is 20.1. The Labute approximate surface area is 168 Å². The van der Waals surface area contributed by atoms with E-state index in [4.69, 9.17) is 4.98 Å². The number of piperidine rings is 1. The first-order valence-electron chi connectivity index (χ1n) is 11.1. The summed E-state index contributed by atoms with van der Waals surface area (Å²) in [5.74, 6) is 1.98. The highest BCUT2D eigenvalue weighted by Gasteiger charge is 2.30. The first-order chi connectivity index (χ1) is 13.6. The second-order valence-electron chi connectivity index (χ2n) is 8.97. The second-order valence-corrected chi connectivity index (χ2v) is 8.97. The Morgan fingerprint density at radius 2 is 1.96 bits per heavy atom. The largest absolute Gasteiger partial charge is 0.356 e. The number of imidazole rings is 1. The average molecular weight is 383 g/mol. The molecule has 2 fully saturated rings. The molecule has 1 atom stereocenters. The molecule has 1 amide bonds. The number of rotatable bonds is 6. The third-order valence-corrected chi connectivity index (χ3v) is 6.36. The molecule has 152 valence electrons. The molecule has 0 bridgehead atoms. The molecule has 1 aliphatic carbocycles. The van der Waals surface area contributed by atoms with Crippen molar-refractivity contribution in [3.63, 3.8) is 0 Å². The zero-order valence-corrected chi connectivity index (χ0v) is 17.4. The van der Waals surface area contributed by atoms with Crippen LogP contribution >= 0.6 is 0 Å². The highest BCUT2D eigenvalue weighted by atomic mass is 16.1. The number of nitrogens with zero attached hydrogens (tertiary/aromatic N) is 3. The monoisotopic (exact) mass is 382 g/mol. The van der Waals surface area contributed by atoms with Crippen molar-refractivity contribution in [2.24, 2.45) is 11.8 Å². The van der Waals surface area contributed by atoms with Gasteiger partial charge in [0.25, 0.3) is 0 Å². The molecule has 1 saturated carbocycles. The van der Waals surface area contributed by atoms with E-state index < -0.39 is 0 Å². The minimum Gasteiger partial charge on any atom is -0.356 e. The lowest BCUT2D eigenvalue weighted by Gasteiger charge is -2.34. The predicted molar refractivity (Wildman–Crippen MR) is 115 cm³/mol.